The average molecular weight is 269 g/mol. The van der Waals surface area contributed by atoms with Gasteiger partial charge in [-0.15, -0.1) is 0 Å². The van der Waals surface area contributed by atoms with Crippen LogP contribution in [0.15, 0.2) is 48.5 Å². The Labute approximate surface area is 117 Å². The molecule has 0 spiro atoms. The van der Waals surface area contributed by atoms with Crippen LogP contribution in [0.25, 0.3) is 0 Å². The van der Waals surface area contributed by atoms with Crippen molar-refractivity contribution in [3.8, 4) is 5.75 Å². The van der Waals surface area contributed by atoms with Gasteiger partial charge in [0.2, 0.25) is 5.91 Å². The molecule has 2 rings (SSSR count). The first-order chi connectivity index (χ1) is 9.72. The van der Waals surface area contributed by atoms with Gasteiger partial charge in [0.05, 0.1) is 13.5 Å². The molecule has 0 bridgehead atoms. The molecule has 0 unspecified atom stereocenters. The number of hydrogen-bond acceptors (Lipinski definition) is 3. The van der Waals surface area contributed by atoms with Gasteiger partial charge in [-0.25, -0.2) is 0 Å². The molecule has 0 fully saturated rings. The van der Waals surface area contributed by atoms with Crippen LogP contribution in [0.1, 0.15) is 15.9 Å². The molecule has 4 nitrogen and oxygen atoms in total. The highest BCUT2D eigenvalue weighted by atomic mass is 16.5. The predicted molar refractivity (Wildman–Crippen MR) is 77.2 cm³/mol. The molecule has 1 N–H and O–H groups in total. The van der Waals surface area contributed by atoms with Gasteiger partial charge in [0, 0.05) is 16.8 Å². The zero-order valence-electron chi connectivity index (χ0n) is 11.1. The van der Waals surface area contributed by atoms with Crippen LogP contribution in [-0.2, 0) is 11.2 Å². The minimum Gasteiger partial charge on any atom is -0.496 e. The van der Waals surface area contributed by atoms with Crippen molar-refractivity contribution < 1.29 is 14.3 Å². The Balaban J connectivity index is 2.03. The zero-order valence-corrected chi connectivity index (χ0v) is 11.1. The predicted octanol–water partition coefficient (Wildman–Crippen LogP) is 2.69. The first-order valence-corrected chi connectivity index (χ1v) is 6.20. The van der Waals surface area contributed by atoms with E-state index in [2.05, 4.69) is 5.32 Å². The monoisotopic (exact) mass is 269 g/mol. The summed E-state index contributed by atoms with van der Waals surface area (Å²) in [7, 11) is 1.58. The SMILES string of the molecule is COc1ccccc1CC(=O)Nc1ccc(C=O)cc1. The maximum Gasteiger partial charge on any atom is 0.228 e. The van der Waals surface area contributed by atoms with E-state index in [0.29, 0.717) is 17.0 Å². The third-order valence-electron chi connectivity index (χ3n) is 2.87. The van der Waals surface area contributed by atoms with E-state index >= 15 is 0 Å². The topological polar surface area (TPSA) is 55.4 Å². The summed E-state index contributed by atoms with van der Waals surface area (Å²) in [5.41, 5.74) is 2.07. The van der Waals surface area contributed by atoms with E-state index in [1.54, 1.807) is 31.4 Å². The number of ether oxygens (including phenoxy) is 1. The fraction of sp³-hybridized carbons (Fsp3) is 0.125. The Morgan fingerprint density at radius 1 is 1.15 bits per heavy atom. The van der Waals surface area contributed by atoms with Gasteiger partial charge in [-0.1, -0.05) is 18.2 Å². The highest BCUT2D eigenvalue weighted by molar-refractivity contribution is 5.93. The largest absolute Gasteiger partial charge is 0.496 e. The molecule has 0 aromatic heterocycles. The maximum atomic E-state index is 12.0. The molecule has 0 aliphatic rings. The van der Waals surface area contributed by atoms with E-state index < -0.39 is 0 Å². The number of para-hydroxylation sites is 1. The minimum atomic E-state index is -0.131. The number of carbonyl (C=O) groups is 2. The number of amides is 1. The average Bonchev–Trinajstić information content (AvgIpc) is 2.48. The molecule has 0 aliphatic heterocycles. The highest BCUT2D eigenvalue weighted by Gasteiger charge is 2.08. The van der Waals surface area contributed by atoms with Gasteiger partial charge in [-0.05, 0) is 30.3 Å². The van der Waals surface area contributed by atoms with Crippen LogP contribution in [0.2, 0.25) is 0 Å². The first kappa shape index (κ1) is 13.8. The fourth-order valence-electron chi connectivity index (χ4n) is 1.87. The van der Waals surface area contributed by atoms with E-state index in [9.17, 15) is 9.59 Å². The first-order valence-electron chi connectivity index (χ1n) is 6.20. The van der Waals surface area contributed by atoms with Gasteiger partial charge in [0.1, 0.15) is 12.0 Å². The Morgan fingerprint density at radius 3 is 2.50 bits per heavy atom. The molecule has 2 aromatic carbocycles. The zero-order chi connectivity index (χ0) is 14.4. The molecule has 20 heavy (non-hydrogen) atoms. The van der Waals surface area contributed by atoms with Gasteiger partial charge < -0.3 is 10.1 Å². The third-order valence-corrected chi connectivity index (χ3v) is 2.87. The molecule has 0 aliphatic carbocycles. The van der Waals surface area contributed by atoms with Crippen molar-refractivity contribution in [2.24, 2.45) is 0 Å². The molecule has 0 atom stereocenters. The summed E-state index contributed by atoms with van der Waals surface area (Å²) in [6.45, 7) is 0. The molecule has 0 heterocycles. The highest BCUT2D eigenvalue weighted by Crippen LogP contribution is 2.18. The lowest BCUT2D eigenvalue weighted by molar-refractivity contribution is -0.115. The van der Waals surface area contributed by atoms with Gasteiger partial charge in [-0.2, -0.15) is 0 Å². The summed E-state index contributed by atoms with van der Waals surface area (Å²) in [5, 5.41) is 2.78. The van der Waals surface area contributed by atoms with Crippen LogP contribution in [0.3, 0.4) is 0 Å². The second-order valence-corrected chi connectivity index (χ2v) is 4.28. The number of hydrogen-bond donors (Lipinski definition) is 1. The third kappa shape index (κ3) is 3.45. The Morgan fingerprint density at radius 2 is 1.85 bits per heavy atom. The lowest BCUT2D eigenvalue weighted by atomic mass is 10.1. The number of carbonyl (C=O) groups excluding carboxylic acids is 2. The molecular formula is C16H15NO3. The summed E-state index contributed by atoms with van der Waals surface area (Å²) < 4.78 is 5.21. The lowest BCUT2D eigenvalue weighted by Crippen LogP contribution is -2.14. The molecule has 1 amide bonds. The lowest BCUT2D eigenvalue weighted by Gasteiger charge is -2.09. The van der Waals surface area contributed by atoms with Gasteiger partial charge >= 0.3 is 0 Å². The summed E-state index contributed by atoms with van der Waals surface area (Å²) in [6, 6.07) is 14.1. The van der Waals surface area contributed by atoms with Crippen molar-refractivity contribution in [1.82, 2.24) is 0 Å². The standard InChI is InChI=1S/C16H15NO3/c1-20-15-5-3-2-4-13(15)10-16(19)17-14-8-6-12(11-18)7-9-14/h2-9,11H,10H2,1H3,(H,17,19). The number of anilines is 1. The molecular weight excluding hydrogens is 254 g/mol. The quantitative estimate of drug-likeness (QED) is 0.849. The molecule has 4 heteroatoms. The van der Waals surface area contributed by atoms with Crippen molar-refractivity contribution >= 4 is 17.9 Å². The van der Waals surface area contributed by atoms with E-state index in [4.69, 9.17) is 4.74 Å². The maximum absolute atomic E-state index is 12.0. The molecule has 2 aromatic rings. The van der Waals surface area contributed by atoms with E-state index in [0.717, 1.165) is 11.8 Å². The normalized spacial score (nSPS) is 9.85. The minimum absolute atomic E-state index is 0.131. The van der Waals surface area contributed by atoms with Crippen LogP contribution in [0.5, 0.6) is 5.75 Å². The van der Waals surface area contributed by atoms with E-state index in [1.165, 1.54) is 0 Å². The number of aldehydes is 1. The van der Waals surface area contributed by atoms with E-state index in [1.807, 2.05) is 24.3 Å². The van der Waals surface area contributed by atoms with Crippen LogP contribution >= 0.6 is 0 Å². The number of nitrogens with one attached hydrogen (secondary N) is 1. The second kappa shape index (κ2) is 6.52. The van der Waals surface area contributed by atoms with Crippen LogP contribution in [-0.4, -0.2) is 19.3 Å². The fourth-order valence-corrected chi connectivity index (χ4v) is 1.87. The van der Waals surface area contributed by atoms with Gasteiger partial charge in [-0.3, -0.25) is 9.59 Å². The van der Waals surface area contributed by atoms with Gasteiger partial charge in [0.15, 0.2) is 0 Å². The number of benzene rings is 2. The second-order valence-electron chi connectivity index (χ2n) is 4.28. The molecule has 0 saturated carbocycles. The van der Waals surface area contributed by atoms with Crippen LogP contribution < -0.4 is 10.1 Å². The summed E-state index contributed by atoms with van der Waals surface area (Å²) >= 11 is 0. The van der Waals surface area contributed by atoms with Crippen molar-refractivity contribution in [2.45, 2.75) is 6.42 Å². The van der Waals surface area contributed by atoms with E-state index in [-0.39, 0.29) is 12.3 Å². The molecule has 102 valence electrons. The Hall–Kier alpha value is -2.62. The summed E-state index contributed by atoms with van der Waals surface area (Å²) in [4.78, 5) is 22.5. The van der Waals surface area contributed by atoms with Crippen molar-refractivity contribution in [2.75, 3.05) is 12.4 Å². The van der Waals surface area contributed by atoms with Crippen LogP contribution in [0.4, 0.5) is 5.69 Å². The van der Waals surface area contributed by atoms with Crippen LogP contribution in [0, 0.1) is 0 Å². The summed E-state index contributed by atoms with van der Waals surface area (Å²) in [6.07, 6.45) is 1.000. The number of methoxy groups -OCH3 is 1. The smallest absolute Gasteiger partial charge is 0.228 e. The summed E-state index contributed by atoms with van der Waals surface area (Å²) in [5.74, 6) is 0.562. The molecule has 0 radical (unpaired) electrons. The van der Waals surface area contributed by atoms with Crippen molar-refractivity contribution in [1.29, 1.82) is 0 Å². The van der Waals surface area contributed by atoms with Gasteiger partial charge in [0.25, 0.3) is 0 Å². The van der Waals surface area contributed by atoms with Crippen molar-refractivity contribution in [3.05, 3.63) is 59.7 Å². The molecule has 0 saturated heterocycles. The van der Waals surface area contributed by atoms with Crippen molar-refractivity contribution in [3.63, 3.8) is 0 Å². The Bertz CT molecular complexity index is 605. The Kier molecular flexibility index (Phi) is 4.50. The number of rotatable bonds is 5.